The maximum atomic E-state index is 13.9. The van der Waals surface area contributed by atoms with Crippen molar-refractivity contribution in [3.8, 4) is 11.4 Å². The molecule has 0 spiro atoms. The first-order valence-corrected chi connectivity index (χ1v) is 17.9. The van der Waals surface area contributed by atoms with Crippen LogP contribution in [0.5, 0.6) is 5.75 Å². The number of imidazole rings is 1. The molecule has 1 aliphatic rings. The van der Waals surface area contributed by atoms with E-state index in [2.05, 4.69) is 20.4 Å². The SMILES string of the molecule is CCOCCn1c(C(=O)C2CCN(CCC(CN(C)C(=O)c3cc(-n4cnnn4)ccc3OC)c3ccc(Cl)c(Cl)c3)CC2)nc2ccccc21. The molecule has 0 aliphatic carbocycles. The third kappa shape index (κ3) is 8.41. The van der Waals surface area contributed by atoms with E-state index in [9.17, 15) is 9.59 Å². The lowest BCUT2D eigenvalue weighted by Gasteiger charge is -2.33. The number of piperidine rings is 1. The fraction of sp³-hybridized carbons (Fsp3) is 0.405. The van der Waals surface area contributed by atoms with Crippen molar-refractivity contribution in [3.05, 3.63) is 94.0 Å². The van der Waals surface area contributed by atoms with Crippen LogP contribution in [0.2, 0.25) is 10.0 Å². The normalized spacial score (nSPS) is 14.5. The zero-order valence-electron chi connectivity index (χ0n) is 29.0. The second kappa shape index (κ2) is 16.8. The Balaban J connectivity index is 1.13. The Bertz CT molecular complexity index is 1960. The minimum Gasteiger partial charge on any atom is -0.496 e. The zero-order valence-corrected chi connectivity index (χ0v) is 30.6. The molecular weight excluding hydrogens is 691 g/mol. The van der Waals surface area contributed by atoms with Crippen molar-refractivity contribution >= 4 is 45.9 Å². The highest BCUT2D eigenvalue weighted by atomic mass is 35.5. The van der Waals surface area contributed by atoms with Crippen LogP contribution < -0.4 is 4.74 Å². The lowest BCUT2D eigenvalue weighted by molar-refractivity contribution is 0.0776. The molecule has 1 unspecified atom stereocenters. The van der Waals surface area contributed by atoms with Crippen molar-refractivity contribution in [3.63, 3.8) is 0 Å². The quantitative estimate of drug-likeness (QED) is 0.0915. The molecule has 5 aromatic rings. The van der Waals surface area contributed by atoms with Crippen molar-refractivity contribution in [1.29, 1.82) is 0 Å². The number of carbonyl (C=O) groups is 2. The number of tetrazole rings is 1. The summed E-state index contributed by atoms with van der Waals surface area (Å²) in [6.45, 7) is 6.50. The largest absolute Gasteiger partial charge is 0.496 e. The second-order valence-corrected chi connectivity index (χ2v) is 13.6. The molecule has 0 bridgehead atoms. The minimum atomic E-state index is -0.196. The topological polar surface area (TPSA) is 120 Å². The summed E-state index contributed by atoms with van der Waals surface area (Å²) in [5, 5.41) is 12.3. The number of halogens is 2. The summed E-state index contributed by atoms with van der Waals surface area (Å²) < 4.78 is 14.7. The van der Waals surface area contributed by atoms with Crippen LogP contribution in [0.15, 0.2) is 67.0 Å². The van der Waals surface area contributed by atoms with Gasteiger partial charge in [0.25, 0.3) is 5.91 Å². The maximum Gasteiger partial charge on any atom is 0.257 e. The molecule has 0 N–H and O–H groups in total. The van der Waals surface area contributed by atoms with Gasteiger partial charge in [-0.3, -0.25) is 9.59 Å². The molecule has 0 radical (unpaired) electrons. The van der Waals surface area contributed by atoms with Gasteiger partial charge in [0.05, 0.1) is 46.0 Å². The van der Waals surface area contributed by atoms with Gasteiger partial charge in [-0.05, 0) is 104 Å². The summed E-state index contributed by atoms with van der Waals surface area (Å²) in [4.78, 5) is 36.6. The van der Waals surface area contributed by atoms with Crippen LogP contribution in [-0.4, -0.2) is 105 Å². The van der Waals surface area contributed by atoms with Crippen molar-refractivity contribution in [1.82, 2.24) is 39.6 Å². The molecule has 3 heterocycles. The predicted octanol–water partition coefficient (Wildman–Crippen LogP) is 6.20. The number of nitrogens with zero attached hydrogens (tertiary/aromatic N) is 8. The number of likely N-dealkylation sites (tertiary alicyclic amines) is 1. The van der Waals surface area contributed by atoms with Gasteiger partial charge in [-0.2, -0.15) is 0 Å². The second-order valence-electron chi connectivity index (χ2n) is 12.7. The predicted molar refractivity (Wildman–Crippen MR) is 196 cm³/mol. The average molecular weight is 734 g/mol. The van der Waals surface area contributed by atoms with Crippen LogP contribution in [0.3, 0.4) is 0 Å². The van der Waals surface area contributed by atoms with Crippen LogP contribution in [-0.2, 0) is 11.3 Å². The van der Waals surface area contributed by atoms with E-state index in [0.717, 1.165) is 55.5 Å². The van der Waals surface area contributed by atoms with Gasteiger partial charge in [-0.15, -0.1) is 5.10 Å². The summed E-state index contributed by atoms with van der Waals surface area (Å²) in [7, 11) is 3.33. The van der Waals surface area contributed by atoms with E-state index < -0.39 is 0 Å². The van der Waals surface area contributed by atoms with Crippen LogP contribution in [0.4, 0.5) is 0 Å². The smallest absolute Gasteiger partial charge is 0.257 e. The highest BCUT2D eigenvalue weighted by Crippen LogP contribution is 2.31. The average Bonchev–Trinajstić information content (AvgIpc) is 3.83. The Labute approximate surface area is 307 Å². The van der Waals surface area contributed by atoms with Gasteiger partial charge in [0.2, 0.25) is 5.78 Å². The molecule has 2 aromatic heterocycles. The molecule has 3 aromatic carbocycles. The number of hydrogen-bond acceptors (Lipinski definition) is 9. The Kier molecular flexibility index (Phi) is 12.0. The number of rotatable bonds is 15. The van der Waals surface area contributed by atoms with E-state index in [1.807, 2.05) is 47.9 Å². The monoisotopic (exact) mass is 732 g/mol. The fourth-order valence-corrected chi connectivity index (χ4v) is 7.07. The highest BCUT2D eigenvalue weighted by molar-refractivity contribution is 6.42. The summed E-state index contributed by atoms with van der Waals surface area (Å²) in [5.74, 6) is 0.734. The van der Waals surface area contributed by atoms with Gasteiger partial charge < -0.3 is 23.8 Å². The Morgan fingerprint density at radius 1 is 1.02 bits per heavy atom. The van der Waals surface area contributed by atoms with E-state index in [0.29, 0.717) is 59.2 Å². The number of methoxy groups -OCH3 is 1. The van der Waals surface area contributed by atoms with E-state index in [4.69, 9.17) is 37.7 Å². The molecule has 1 saturated heterocycles. The molecule has 51 heavy (non-hydrogen) atoms. The van der Waals surface area contributed by atoms with E-state index in [1.54, 1.807) is 36.2 Å². The van der Waals surface area contributed by atoms with E-state index in [1.165, 1.54) is 18.1 Å². The van der Waals surface area contributed by atoms with Gasteiger partial charge >= 0.3 is 0 Å². The molecule has 1 atom stereocenters. The van der Waals surface area contributed by atoms with E-state index >= 15 is 0 Å². The minimum absolute atomic E-state index is 0.0352. The number of hydrogen-bond donors (Lipinski definition) is 0. The number of Topliss-reactive ketones (excluding diaryl/α,β-unsaturated/α-hetero) is 1. The molecule has 0 saturated carbocycles. The molecule has 6 rings (SSSR count). The first-order valence-electron chi connectivity index (χ1n) is 17.2. The number of aromatic nitrogens is 6. The fourth-order valence-electron chi connectivity index (χ4n) is 6.76. The summed E-state index contributed by atoms with van der Waals surface area (Å²) in [6, 6.07) is 18.8. The Hall–Kier alpha value is -4.36. The third-order valence-electron chi connectivity index (χ3n) is 9.57. The summed E-state index contributed by atoms with van der Waals surface area (Å²) >= 11 is 12.8. The number of ketones is 1. The molecule has 1 fully saturated rings. The molecule has 1 amide bonds. The van der Waals surface area contributed by atoms with Crippen molar-refractivity contribution in [2.75, 3.05) is 53.6 Å². The number of ether oxygens (including phenoxy) is 2. The molecule has 14 heteroatoms. The van der Waals surface area contributed by atoms with Crippen molar-refractivity contribution < 1.29 is 19.1 Å². The van der Waals surface area contributed by atoms with Crippen LogP contribution in [0.1, 0.15) is 58.6 Å². The van der Waals surface area contributed by atoms with Gasteiger partial charge in [0.1, 0.15) is 12.1 Å². The van der Waals surface area contributed by atoms with Crippen LogP contribution in [0, 0.1) is 5.92 Å². The molecule has 12 nitrogen and oxygen atoms in total. The van der Waals surface area contributed by atoms with Crippen molar-refractivity contribution in [2.24, 2.45) is 5.92 Å². The lowest BCUT2D eigenvalue weighted by Crippen LogP contribution is -2.39. The highest BCUT2D eigenvalue weighted by Gasteiger charge is 2.30. The number of amides is 1. The van der Waals surface area contributed by atoms with Gasteiger partial charge in [0.15, 0.2) is 5.82 Å². The Morgan fingerprint density at radius 3 is 2.55 bits per heavy atom. The number of carbonyl (C=O) groups excluding carboxylic acids is 2. The van der Waals surface area contributed by atoms with Crippen molar-refractivity contribution in [2.45, 2.75) is 38.6 Å². The van der Waals surface area contributed by atoms with Gasteiger partial charge in [-0.1, -0.05) is 41.4 Å². The van der Waals surface area contributed by atoms with E-state index in [-0.39, 0.29) is 23.5 Å². The summed E-state index contributed by atoms with van der Waals surface area (Å²) in [6.07, 6.45) is 3.74. The van der Waals surface area contributed by atoms with Gasteiger partial charge in [0, 0.05) is 38.6 Å². The number of likely N-dealkylation sites (N-methyl/N-ethyl adjacent to an activating group) is 1. The first-order chi connectivity index (χ1) is 24.8. The molecular formula is C37H42Cl2N8O4. The molecule has 1 aliphatic heterocycles. The number of para-hydroxylation sites is 2. The standard InChI is InChI=1S/C37H42Cl2N8O4/c1-4-51-20-19-46-33-8-6-5-7-32(33)41-36(46)35(48)25-13-16-45(17-14-25)18-15-27(26-9-11-30(38)31(39)21-26)23-44(2)37(49)29-22-28(10-12-34(29)50-3)47-24-40-42-43-47/h5-12,21-22,24-25,27H,4,13-20,23H2,1-3H3. The van der Waals surface area contributed by atoms with Gasteiger partial charge in [-0.25, -0.2) is 9.67 Å². The number of benzene rings is 3. The Morgan fingerprint density at radius 2 is 1.82 bits per heavy atom. The third-order valence-corrected chi connectivity index (χ3v) is 10.3. The van der Waals surface area contributed by atoms with Crippen LogP contribution in [0.25, 0.3) is 16.7 Å². The first kappa shape index (κ1) is 36.4. The maximum absolute atomic E-state index is 13.9. The zero-order chi connectivity index (χ0) is 35.9. The summed E-state index contributed by atoms with van der Waals surface area (Å²) in [5.41, 5.74) is 3.82. The lowest BCUT2D eigenvalue weighted by atomic mass is 9.90. The number of fused-ring (bicyclic) bond motifs is 1. The molecule has 268 valence electrons. The van der Waals surface area contributed by atoms with Crippen LogP contribution >= 0.6 is 23.2 Å².